The first-order valence-electron chi connectivity index (χ1n) is 12.3. The molecule has 0 unspecified atom stereocenters. The summed E-state index contributed by atoms with van der Waals surface area (Å²) in [6, 6.07) is 7.07. The van der Waals surface area contributed by atoms with Crippen LogP contribution in [0.4, 0.5) is 0 Å². The lowest BCUT2D eigenvalue weighted by Gasteiger charge is -2.27. The van der Waals surface area contributed by atoms with Crippen LogP contribution in [-0.2, 0) is 13.1 Å². The minimum absolute atomic E-state index is 0.0144. The third-order valence-electron chi connectivity index (χ3n) is 7.09. The van der Waals surface area contributed by atoms with Crippen LogP contribution in [0.2, 0.25) is 0 Å². The van der Waals surface area contributed by atoms with Gasteiger partial charge in [0.15, 0.2) is 0 Å². The summed E-state index contributed by atoms with van der Waals surface area (Å²) in [5.74, 6) is 0. The molecule has 1 aromatic carbocycles. The summed E-state index contributed by atoms with van der Waals surface area (Å²) in [5, 5.41) is 21.9. The third-order valence-corrected chi connectivity index (χ3v) is 7.09. The van der Waals surface area contributed by atoms with Gasteiger partial charge < -0.3 is 20.0 Å². The van der Waals surface area contributed by atoms with E-state index in [1.165, 1.54) is 40.1 Å². The average molecular weight is 447 g/mol. The molecule has 4 N–H and O–H groups in total. The fourth-order valence-corrected chi connectivity index (χ4v) is 5.44. The molecular weight excluding hydrogens is 408 g/mol. The van der Waals surface area contributed by atoms with Crippen LogP contribution in [0.1, 0.15) is 38.5 Å². The fourth-order valence-electron chi connectivity index (χ4n) is 5.44. The Bertz CT molecular complexity index is 1010. The number of nitrogens with one attached hydrogen (secondary N) is 2. The smallest absolute Gasteiger partial charge is 0.331 e. The van der Waals surface area contributed by atoms with Crippen LogP contribution in [0, 0.1) is 0 Å². The van der Waals surface area contributed by atoms with Gasteiger partial charge in [0.25, 0.3) is 5.56 Å². The molecule has 2 saturated heterocycles. The minimum atomic E-state index is -0.758. The highest BCUT2D eigenvalue weighted by atomic mass is 16.3. The Morgan fingerprint density at radius 3 is 1.81 bits per heavy atom. The molecule has 32 heavy (non-hydrogen) atoms. The molecule has 0 saturated carbocycles. The van der Waals surface area contributed by atoms with E-state index in [1.807, 2.05) is 0 Å². The van der Waals surface area contributed by atoms with Gasteiger partial charge in [-0.05, 0) is 50.7 Å². The lowest BCUT2D eigenvalue weighted by Crippen LogP contribution is -3.14. The number of aliphatic hydroxyl groups excluding tert-OH is 2. The van der Waals surface area contributed by atoms with Gasteiger partial charge in [0.2, 0.25) is 0 Å². The Morgan fingerprint density at radius 1 is 0.750 bits per heavy atom. The Labute approximate surface area is 188 Å². The molecule has 2 aromatic rings. The van der Waals surface area contributed by atoms with Gasteiger partial charge in [-0.25, -0.2) is 4.79 Å². The van der Waals surface area contributed by atoms with Gasteiger partial charge in [0, 0.05) is 0 Å². The lowest BCUT2D eigenvalue weighted by molar-refractivity contribution is -0.908. The standard InChI is InChI=1S/C24H36N4O4/c29-19(15-25-11-5-1-6-12-25)17-27-22-10-4-3-9-21(22)23(31)28(24(27)32)18-20(30)16-26-13-7-2-8-14-26/h3-4,9-10,19-20,29-30H,1-2,5-8,11-18H2/p+2/t19-,20-/m1/s1. The summed E-state index contributed by atoms with van der Waals surface area (Å²) in [4.78, 5) is 29.1. The first-order valence-corrected chi connectivity index (χ1v) is 12.3. The monoisotopic (exact) mass is 446 g/mol. The maximum absolute atomic E-state index is 13.3. The number of nitrogens with zero attached hydrogens (tertiary/aromatic N) is 2. The van der Waals surface area contributed by atoms with E-state index in [2.05, 4.69) is 0 Å². The zero-order valence-electron chi connectivity index (χ0n) is 19.0. The Balaban J connectivity index is 1.57. The van der Waals surface area contributed by atoms with Crippen molar-refractivity contribution in [2.24, 2.45) is 0 Å². The molecule has 0 aliphatic carbocycles. The van der Waals surface area contributed by atoms with Gasteiger partial charge in [-0.1, -0.05) is 12.1 Å². The normalized spacial score (nSPS) is 20.4. The topological polar surface area (TPSA) is 93.3 Å². The van der Waals surface area contributed by atoms with Gasteiger partial charge in [-0.15, -0.1) is 0 Å². The number of fused-ring (bicyclic) bond motifs is 1. The first kappa shape index (κ1) is 23.2. The van der Waals surface area contributed by atoms with Crippen LogP contribution in [0.5, 0.6) is 0 Å². The van der Waals surface area contributed by atoms with Crippen LogP contribution in [-0.4, -0.2) is 70.8 Å². The number of aliphatic hydroxyl groups is 2. The summed E-state index contributed by atoms with van der Waals surface area (Å²) >= 11 is 0. The van der Waals surface area contributed by atoms with Gasteiger partial charge >= 0.3 is 5.69 Å². The van der Waals surface area contributed by atoms with E-state index in [0.29, 0.717) is 24.0 Å². The molecule has 0 radical (unpaired) electrons. The third kappa shape index (κ3) is 5.49. The number of aromatic nitrogens is 2. The largest absolute Gasteiger partial charge is 0.385 e. The molecular formula is C24H38N4O4+2. The summed E-state index contributed by atoms with van der Waals surface area (Å²) in [7, 11) is 0. The molecule has 8 heteroatoms. The van der Waals surface area contributed by atoms with Crippen molar-refractivity contribution in [3.05, 3.63) is 45.1 Å². The molecule has 4 rings (SSSR count). The van der Waals surface area contributed by atoms with E-state index in [1.54, 1.807) is 24.3 Å². The number of likely N-dealkylation sites (tertiary alicyclic amines) is 2. The molecule has 2 aliphatic heterocycles. The molecule has 0 amide bonds. The van der Waals surface area contributed by atoms with E-state index in [0.717, 1.165) is 43.6 Å². The van der Waals surface area contributed by atoms with Crippen molar-refractivity contribution in [1.82, 2.24) is 9.13 Å². The quantitative estimate of drug-likeness (QED) is 0.378. The fraction of sp³-hybridized carbons (Fsp3) is 0.667. The van der Waals surface area contributed by atoms with Gasteiger partial charge in [0.05, 0.1) is 50.2 Å². The number of para-hydroxylation sites is 1. The summed E-state index contributed by atoms with van der Waals surface area (Å²) in [6.45, 7) is 5.43. The molecule has 176 valence electrons. The number of benzene rings is 1. The predicted octanol–water partition coefficient (Wildman–Crippen LogP) is -1.98. The molecule has 1 aromatic heterocycles. The van der Waals surface area contributed by atoms with Gasteiger partial charge in [-0.2, -0.15) is 0 Å². The van der Waals surface area contributed by atoms with Crippen LogP contribution in [0.3, 0.4) is 0 Å². The minimum Gasteiger partial charge on any atom is -0.385 e. The van der Waals surface area contributed by atoms with Crippen molar-refractivity contribution in [1.29, 1.82) is 0 Å². The highest BCUT2D eigenvalue weighted by Crippen LogP contribution is 2.08. The number of hydrogen-bond acceptors (Lipinski definition) is 4. The van der Waals surface area contributed by atoms with Crippen LogP contribution < -0.4 is 21.0 Å². The SMILES string of the molecule is O=c1c2ccccc2n(C[C@H](O)C[NH+]2CCCCC2)c(=O)n1C[C@H](O)C[NH+]1CCCCC1. The van der Waals surface area contributed by atoms with Crippen LogP contribution in [0.25, 0.3) is 10.9 Å². The molecule has 2 aliphatic rings. The van der Waals surface area contributed by atoms with E-state index in [9.17, 15) is 19.8 Å². The Morgan fingerprint density at radius 2 is 1.25 bits per heavy atom. The molecule has 8 nitrogen and oxygen atoms in total. The maximum atomic E-state index is 13.3. The first-order chi connectivity index (χ1) is 15.5. The number of rotatable bonds is 8. The second-order valence-corrected chi connectivity index (χ2v) is 9.66. The Kier molecular flexibility index (Phi) is 7.78. The highest BCUT2D eigenvalue weighted by molar-refractivity contribution is 5.77. The molecule has 0 spiro atoms. The zero-order chi connectivity index (χ0) is 22.5. The van der Waals surface area contributed by atoms with E-state index in [-0.39, 0.29) is 18.6 Å². The Hall–Kier alpha value is -2.00. The zero-order valence-corrected chi connectivity index (χ0v) is 19.0. The van der Waals surface area contributed by atoms with Crippen molar-refractivity contribution >= 4 is 10.9 Å². The van der Waals surface area contributed by atoms with E-state index < -0.39 is 17.9 Å². The van der Waals surface area contributed by atoms with Crippen LogP contribution in [0.15, 0.2) is 33.9 Å². The highest BCUT2D eigenvalue weighted by Gasteiger charge is 2.23. The molecule has 0 bridgehead atoms. The number of quaternary nitrogens is 2. The molecule has 3 heterocycles. The van der Waals surface area contributed by atoms with Crippen molar-refractivity contribution in [3.8, 4) is 0 Å². The van der Waals surface area contributed by atoms with Crippen molar-refractivity contribution in [2.75, 3.05) is 39.3 Å². The van der Waals surface area contributed by atoms with E-state index in [4.69, 9.17) is 0 Å². The summed E-state index contributed by atoms with van der Waals surface area (Å²) in [5.41, 5.74) is -0.276. The summed E-state index contributed by atoms with van der Waals surface area (Å²) in [6.07, 6.45) is 5.71. The average Bonchev–Trinajstić information content (AvgIpc) is 2.81. The number of hydrogen-bond donors (Lipinski definition) is 4. The van der Waals surface area contributed by atoms with Crippen molar-refractivity contribution in [2.45, 2.75) is 63.8 Å². The summed E-state index contributed by atoms with van der Waals surface area (Å²) < 4.78 is 2.68. The van der Waals surface area contributed by atoms with Crippen molar-refractivity contribution in [3.63, 3.8) is 0 Å². The predicted molar refractivity (Wildman–Crippen MR) is 123 cm³/mol. The molecule has 2 atom stereocenters. The molecule has 2 fully saturated rings. The van der Waals surface area contributed by atoms with Gasteiger partial charge in [0.1, 0.15) is 25.3 Å². The number of piperidine rings is 2. The van der Waals surface area contributed by atoms with Gasteiger partial charge in [-0.3, -0.25) is 13.9 Å². The second kappa shape index (κ2) is 10.7. The van der Waals surface area contributed by atoms with E-state index >= 15 is 0 Å². The maximum Gasteiger partial charge on any atom is 0.331 e. The van der Waals surface area contributed by atoms with Crippen molar-refractivity contribution < 1.29 is 20.0 Å². The second-order valence-electron chi connectivity index (χ2n) is 9.66. The van der Waals surface area contributed by atoms with Crippen LogP contribution >= 0.6 is 0 Å². The lowest BCUT2D eigenvalue weighted by atomic mass is 10.1.